The maximum Gasteiger partial charge on any atom is 0.319 e. The number of H-pyrrole nitrogens is 1. The van der Waals surface area contributed by atoms with Crippen molar-refractivity contribution in [2.24, 2.45) is 0 Å². The lowest BCUT2D eigenvalue weighted by Crippen LogP contribution is -2.47. The molecule has 2 heterocycles. The Kier molecular flexibility index (Phi) is 6.00. The second-order valence-electron chi connectivity index (χ2n) is 6.37. The first-order valence-corrected chi connectivity index (χ1v) is 8.98. The molecule has 7 nitrogen and oxygen atoms in total. The van der Waals surface area contributed by atoms with Gasteiger partial charge in [0.2, 0.25) is 0 Å². The lowest BCUT2D eigenvalue weighted by atomic mass is 10.0. The number of hydrogen-bond acceptors (Lipinski definition) is 4. The number of aromatic nitrogens is 3. The zero-order chi connectivity index (χ0) is 17.5. The second kappa shape index (κ2) is 8.62. The number of piperidine rings is 1. The van der Waals surface area contributed by atoms with Crippen LogP contribution >= 0.6 is 0 Å². The van der Waals surface area contributed by atoms with Gasteiger partial charge in [0.15, 0.2) is 0 Å². The largest absolute Gasteiger partial charge is 0.336 e. The third kappa shape index (κ3) is 5.03. The lowest BCUT2D eigenvalue weighted by molar-refractivity contribution is 0.135. The number of aryl methyl sites for hydroxylation is 1. The average molecular weight is 342 g/mol. The van der Waals surface area contributed by atoms with Gasteiger partial charge in [-0.3, -0.25) is 10.00 Å². The molecule has 1 aliphatic rings. The molecule has 0 aliphatic carbocycles. The highest BCUT2D eigenvalue weighted by atomic mass is 16.2. The van der Waals surface area contributed by atoms with E-state index in [0.717, 1.165) is 43.3 Å². The van der Waals surface area contributed by atoms with Crippen LogP contribution in [0.25, 0.3) is 0 Å². The highest BCUT2D eigenvalue weighted by Gasteiger charge is 2.24. The van der Waals surface area contributed by atoms with E-state index in [1.165, 1.54) is 12.8 Å². The first kappa shape index (κ1) is 17.4. The van der Waals surface area contributed by atoms with Crippen LogP contribution in [0, 0.1) is 0 Å². The van der Waals surface area contributed by atoms with Gasteiger partial charge in [-0.05, 0) is 31.5 Å². The molecule has 1 atom stereocenters. The Morgan fingerprint density at radius 1 is 1.32 bits per heavy atom. The van der Waals surface area contributed by atoms with Crippen molar-refractivity contribution < 1.29 is 4.79 Å². The number of anilines is 1. The molecule has 2 aromatic rings. The maximum absolute atomic E-state index is 12.1. The highest BCUT2D eigenvalue weighted by Crippen LogP contribution is 2.18. The Bertz CT molecular complexity index is 671. The van der Waals surface area contributed by atoms with Gasteiger partial charge < -0.3 is 10.6 Å². The van der Waals surface area contributed by atoms with Gasteiger partial charge in [0.05, 0.1) is 6.54 Å². The Morgan fingerprint density at radius 3 is 2.92 bits per heavy atom. The van der Waals surface area contributed by atoms with Crippen molar-refractivity contribution in [2.75, 3.05) is 18.4 Å². The lowest BCUT2D eigenvalue weighted by Gasteiger charge is -2.35. The Hall–Kier alpha value is -2.41. The molecule has 1 fully saturated rings. The van der Waals surface area contributed by atoms with Crippen molar-refractivity contribution in [1.82, 2.24) is 25.4 Å². The zero-order valence-corrected chi connectivity index (χ0v) is 14.7. The minimum absolute atomic E-state index is 0.162. The first-order chi connectivity index (χ1) is 12.2. The number of carbonyl (C=O) groups is 1. The molecule has 2 amide bonds. The Morgan fingerprint density at radius 2 is 2.16 bits per heavy atom. The van der Waals surface area contributed by atoms with Gasteiger partial charge >= 0.3 is 6.03 Å². The molecule has 1 aromatic carbocycles. The summed E-state index contributed by atoms with van der Waals surface area (Å²) in [4.78, 5) is 19.0. The fourth-order valence-corrected chi connectivity index (χ4v) is 3.16. The summed E-state index contributed by atoms with van der Waals surface area (Å²) in [6, 6.07) is 9.65. The van der Waals surface area contributed by atoms with Crippen LogP contribution in [0.15, 0.2) is 30.3 Å². The third-order valence-electron chi connectivity index (χ3n) is 4.53. The van der Waals surface area contributed by atoms with E-state index in [9.17, 15) is 4.79 Å². The molecule has 0 spiro atoms. The third-order valence-corrected chi connectivity index (χ3v) is 4.53. The number of rotatable bonds is 6. The fourth-order valence-electron chi connectivity index (χ4n) is 3.16. The van der Waals surface area contributed by atoms with Crippen LogP contribution < -0.4 is 10.6 Å². The predicted molar refractivity (Wildman–Crippen MR) is 97.3 cm³/mol. The maximum atomic E-state index is 12.1. The molecule has 134 valence electrons. The van der Waals surface area contributed by atoms with Crippen molar-refractivity contribution >= 4 is 11.7 Å². The molecule has 3 N–H and O–H groups in total. The molecule has 1 aliphatic heterocycles. The van der Waals surface area contributed by atoms with Crippen LogP contribution in [0.1, 0.15) is 37.8 Å². The Balaban J connectivity index is 1.51. The van der Waals surface area contributed by atoms with Gasteiger partial charge in [-0.15, -0.1) is 0 Å². The van der Waals surface area contributed by atoms with Gasteiger partial charge in [0, 0.05) is 24.7 Å². The number of nitrogens with one attached hydrogen (secondary N) is 3. The molecule has 0 unspecified atom stereocenters. The van der Waals surface area contributed by atoms with Crippen LogP contribution in [0.3, 0.4) is 0 Å². The number of para-hydroxylation sites is 1. The van der Waals surface area contributed by atoms with Gasteiger partial charge in [0.25, 0.3) is 0 Å². The topological polar surface area (TPSA) is 85.9 Å². The number of hydrogen-bond donors (Lipinski definition) is 3. The molecule has 1 aromatic heterocycles. The summed E-state index contributed by atoms with van der Waals surface area (Å²) in [7, 11) is 0. The number of likely N-dealkylation sites (tertiary alicyclic amines) is 1. The molecular formula is C18H26N6O. The standard InChI is InChI=1S/C18H26N6O/c1-2-16-21-17(23-22-16)13-24-11-7-6-10-15(24)12-19-18(25)20-14-8-4-3-5-9-14/h3-5,8-9,15H,2,6-7,10-13H2,1H3,(H2,19,20,25)(H,21,22,23)/t15-/m0/s1. The van der Waals surface area contributed by atoms with E-state index >= 15 is 0 Å². The Labute approximate surface area is 148 Å². The van der Waals surface area contributed by atoms with E-state index in [-0.39, 0.29) is 6.03 Å². The minimum atomic E-state index is -0.162. The molecule has 0 bridgehead atoms. The van der Waals surface area contributed by atoms with Crippen LogP contribution in [0.2, 0.25) is 0 Å². The van der Waals surface area contributed by atoms with E-state index in [1.807, 2.05) is 37.3 Å². The van der Waals surface area contributed by atoms with Gasteiger partial charge in [0.1, 0.15) is 11.6 Å². The highest BCUT2D eigenvalue weighted by molar-refractivity contribution is 5.89. The summed E-state index contributed by atoms with van der Waals surface area (Å²) in [5, 5.41) is 13.1. The molecule has 0 radical (unpaired) electrons. The average Bonchev–Trinajstić information content (AvgIpc) is 3.09. The molecule has 0 saturated carbocycles. The number of urea groups is 1. The second-order valence-corrected chi connectivity index (χ2v) is 6.37. The van der Waals surface area contributed by atoms with E-state index in [0.29, 0.717) is 12.6 Å². The number of benzene rings is 1. The van der Waals surface area contributed by atoms with E-state index in [1.54, 1.807) is 0 Å². The van der Waals surface area contributed by atoms with Crippen LogP contribution in [-0.4, -0.2) is 45.2 Å². The summed E-state index contributed by atoms with van der Waals surface area (Å²) in [5.74, 6) is 1.75. The van der Waals surface area contributed by atoms with E-state index in [2.05, 4.69) is 30.7 Å². The van der Waals surface area contributed by atoms with Crippen molar-refractivity contribution in [3.8, 4) is 0 Å². The number of amides is 2. The molecule has 3 rings (SSSR count). The van der Waals surface area contributed by atoms with Crippen LogP contribution in [0.5, 0.6) is 0 Å². The van der Waals surface area contributed by atoms with E-state index in [4.69, 9.17) is 0 Å². The SMILES string of the molecule is CCc1n[nH]c(CN2CCCC[C@H]2CNC(=O)Nc2ccccc2)n1. The van der Waals surface area contributed by atoms with Crippen LogP contribution in [0.4, 0.5) is 10.5 Å². The van der Waals surface area contributed by atoms with Crippen molar-refractivity contribution in [2.45, 2.75) is 45.2 Å². The fraction of sp³-hybridized carbons (Fsp3) is 0.500. The van der Waals surface area contributed by atoms with Gasteiger partial charge in [-0.2, -0.15) is 5.10 Å². The summed E-state index contributed by atoms with van der Waals surface area (Å²) >= 11 is 0. The predicted octanol–water partition coefficient (Wildman–Crippen LogP) is 2.54. The molecule has 1 saturated heterocycles. The normalized spacial score (nSPS) is 18.0. The number of nitrogens with zero attached hydrogens (tertiary/aromatic N) is 3. The molecule has 7 heteroatoms. The van der Waals surface area contributed by atoms with Crippen molar-refractivity contribution in [1.29, 1.82) is 0 Å². The van der Waals surface area contributed by atoms with Gasteiger partial charge in [-0.25, -0.2) is 9.78 Å². The summed E-state index contributed by atoms with van der Waals surface area (Å²) in [6.45, 7) is 4.45. The zero-order valence-electron chi connectivity index (χ0n) is 14.7. The number of carbonyl (C=O) groups excluding carboxylic acids is 1. The summed E-state index contributed by atoms with van der Waals surface area (Å²) in [6.07, 6.45) is 4.29. The first-order valence-electron chi connectivity index (χ1n) is 8.98. The van der Waals surface area contributed by atoms with Crippen LogP contribution in [-0.2, 0) is 13.0 Å². The smallest absolute Gasteiger partial charge is 0.319 e. The summed E-state index contributed by atoms with van der Waals surface area (Å²) < 4.78 is 0. The molecular weight excluding hydrogens is 316 g/mol. The monoisotopic (exact) mass is 342 g/mol. The molecule has 25 heavy (non-hydrogen) atoms. The van der Waals surface area contributed by atoms with Crippen molar-refractivity contribution in [3.05, 3.63) is 42.0 Å². The minimum Gasteiger partial charge on any atom is -0.336 e. The van der Waals surface area contributed by atoms with Crippen molar-refractivity contribution in [3.63, 3.8) is 0 Å². The van der Waals surface area contributed by atoms with E-state index < -0.39 is 0 Å². The number of aromatic amines is 1. The summed E-state index contributed by atoms with van der Waals surface area (Å²) in [5.41, 5.74) is 0.800. The quantitative estimate of drug-likeness (QED) is 0.753. The van der Waals surface area contributed by atoms with Gasteiger partial charge in [-0.1, -0.05) is 31.5 Å².